The maximum absolute atomic E-state index is 13.3. The first-order chi connectivity index (χ1) is 9.67. The van der Waals surface area contributed by atoms with E-state index in [1.165, 1.54) is 12.1 Å². The van der Waals surface area contributed by atoms with E-state index in [4.69, 9.17) is 4.74 Å². The van der Waals surface area contributed by atoms with Gasteiger partial charge in [0.2, 0.25) is 0 Å². The third-order valence-electron chi connectivity index (χ3n) is 2.75. The van der Waals surface area contributed by atoms with Gasteiger partial charge in [0, 0.05) is 30.9 Å². The van der Waals surface area contributed by atoms with Crippen LogP contribution in [0.4, 0.5) is 4.39 Å². The number of rotatable bonds is 7. The first kappa shape index (κ1) is 15.2. The number of nitrogens with one attached hydrogen (secondary N) is 1. The van der Waals surface area contributed by atoms with Crippen LogP contribution >= 0.6 is 15.9 Å². The Hall–Kier alpha value is -1.24. The van der Waals surface area contributed by atoms with E-state index in [2.05, 4.69) is 26.3 Å². The minimum absolute atomic E-state index is 0.247. The molecule has 1 N–H and O–H groups in total. The summed E-state index contributed by atoms with van der Waals surface area (Å²) in [7, 11) is 1.67. The van der Waals surface area contributed by atoms with E-state index in [1.54, 1.807) is 11.8 Å². The second-order valence-corrected chi connectivity index (χ2v) is 5.37. The predicted octanol–water partition coefficient (Wildman–Crippen LogP) is 2.57. The molecule has 0 aliphatic heterocycles. The molecule has 0 aliphatic rings. The molecule has 2 aromatic rings. The van der Waals surface area contributed by atoms with Gasteiger partial charge in [-0.15, -0.1) is 0 Å². The second kappa shape index (κ2) is 7.52. The number of benzene rings is 1. The third-order valence-corrected chi connectivity index (χ3v) is 3.21. The van der Waals surface area contributed by atoms with Crippen LogP contribution in [0, 0.1) is 5.82 Å². The summed E-state index contributed by atoms with van der Waals surface area (Å²) in [5.41, 5.74) is 1.83. The van der Waals surface area contributed by atoms with Gasteiger partial charge in [0.1, 0.15) is 5.82 Å². The summed E-state index contributed by atoms with van der Waals surface area (Å²) >= 11 is 3.29. The van der Waals surface area contributed by atoms with E-state index in [0.29, 0.717) is 19.7 Å². The zero-order valence-electron chi connectivity index (χ0n) is 11.3. The summed E-state index contributed by atoms with van der Waals surface area (Å²) in [6.45, 7) is 2.72. The van der Waals surface area contributed by atoms with E-state index in [9.17, 15) is 4.39 Å². The minimum atomic E-state index is -0.247. The fourth-order valence-electron chi connectivity index (χ4n) is 1.87. The average Bonchev–Trinajstić information content (AvgIpc) is 2.81. The topological polar surface area (TPSA) is 39.1 Å². The van der Waals surface area contributed by atoms with Crippen LogP contribution in [0.2, 0.25) is 0 Å². The molecule has 0 atom stereocenters. The fraction of sp³-hybridized carbons (Fsp3) is 0.357. The highest BCUT2D eigenvalue weighted by Crippen LogP contribution is 2.15. The van der Waals surface area contributed by atoms with Crippen molar-refractivity contribution in [1.29, 1.82) is 0 Å². The van der Waals surface area contributed by atoms with Crippen LogP contribution < -0.4 is 5.32 Å². The van der Waals surface area contributed by atoms with Crippen LogP contribution in [0.1, 0.15) is 11.3 Å². The molecule has 0 aliphatic carbocycles. The molecular formula is C14H17BrFN3O. The summed E-state index contributed by atoms with van der Waals surface area (Å²) in [5, 5.41) is 7.67. The Balaban J connectivity index is 1.92. The van der Waals surface area contributed by atoms with Gasteiger partial charge in [-0.05, 0) is 29.8 Å². The number of nitrogens with zero attached hydrogens (tertiary/aromatic N) is 2. The van der Waals surface area contributed by atoms with Gasteiger partial charge in [-0.2, -0.15) is 5.10 Å². The van der Waals surface area contributed by atoms with Crippen LogP contribution in [-0.2, 0) is 17.8 Å². The van der Waals surface area contributed by atoms with E-state index in [1.807, 2.05) is 18.3 Å². The Kier molecular flexibility index (Phi) is 5.70. The maximum Gasteiger partial charge on any atom is 0.124 e. The molecule has 0 bridgehead atoms. The van der Waals surface area contributed by atoms with Gasteiger partial charge in [-0.1, -0.05) is 15.9 Å². The normalized spacial score (nSPS) is 10.9. The van der Waals surface area contributed by atoms with Crippen molar-refractivity contribution in [3.05, 3.63) is 52.0 Å². The highest BCUT2D eigenvalue weighted by Gasteiger charge is 2.03. The molecule has 0 saturated heterocycles. The van der Waals surface area contributed by atoms with Crippen LogP contribution in [0.15, 0.2) is 34.9 Å². The van der Waals surface area contributed by atoms with E-state index in [-0.39, 0.29) is 5.82 Å². The smallest absolute Gasteiger partial charge is 0.124 e. The molecule has 2 rings (SSSR count). The lowest BCUT2D eigenvalue weighted by Gasteiger charge is -2.04. The van der Waals surface area contributed by atoms with Gasteiger partial charge in [0.05, 0.1) is 18.8 Å². The average molecular weight is 342 g/mol. The lowest BCUT2D eigenvalue weighted by molar-refractivity contribution is 0.199. The summed E-state index contributed by atoms with van der Waals surface area (Å²) in [5.74, 6) is -0.247. The number of hydrogen-bond donors (Lipinski definition) is 1. The first-order valence-corrected chi connectivity index (χ1v) is 7.13. The van der Waals surface area contributed by atoms with Crippen LogP contribution in [-0.4, -0.2) is 30.0 Å². The number of methoxy groups -OCH3 is 1. The molecule has 6 heteroatoms. The number of ether oxygens (including phenoxy) is 1. The van der Waals surface area contributed by atoms with Crippen LogP contribution in [0.5, 0.6) is 0 Å². The summed E-state index contributed by atoms with van der Waals surface area (Å²) in [6, 6.07) is 6.80. The van der Waals surface area contributed by atoms with Gasteiger partial charge in [0.15, 0.2) is 0 Å². The van der Waals surface area contributed by atoms with Crippen molar-refractivity contribution < 1.29 is 9.13 Å². The van der Waals surface area contributed by atoms with Gasteiger partial charge >= 0.3 is 0 Å². The van der Waals surface area contributed by atoms with Crippen LogP contribution in [0.25, 0.3) is 0 Å². The standard InChI is InChI=1S/C14H17BrFN3O/c1-20-5-3-17-9-14-2-4-19(18-14)10-11-6-12(15)8-13(16)7-11/h2,4,6-8,17H,3,5,9-10H2,1H3. The maximum atomic E-state index is 13.3. The van der Waals surface area contributed by atoms with Gasteiger partial charge in [-0.3, -0.25) is 4.68 Å². The fourth-order valence-corrected chi connectivity index (χ4v) is 2.38. The summed E-state index contributed by atoms with van der Waals surface area (Å²) < 4.78 is 20.8. The molecule has 1 heterocycles. The molecule has 20 heavy (non-hydrogen) atoms. The van der Waals surface area contributed by atoms with E-state index < -0.39 is 0 Å². The Morgan fingerprint density at radius 3 is 3.00 bits per heavy atom. The van der Waals surface area contributed by atoms with Crippen LogP contribution in [0.3, 0.4) is 0 Å². The molecule has 108 valence electrons. The Morgan fingerprint density at radius 2 is 2.25 bits per heavy atom. The Morgan fingerprint density at radius 1 is 1.40 bits per heavy atom. The van der Waals surface area contributed by atoms with Crippen molar-refractivity contribution in [1.82, 2.24) is 15.1 Å². The lowest BCUT2D eigenvalue weighted by Crippen LogP contribution is -2.19. The van der Waals surface area contributed by atoms with Crippen molar-refractivity contribution in [2.75, 3.05) is 20.3 Å². The lowest BCUT2D eigenvalue weighted by atomic mass is 10.2. The van der Waals surface area contributed by atoms with Crippen molar-refractivity contribution in [3.63, 3.8) is 0 Å². The van der Waals surface area contributed by atoms with E-state index in [0.717, 1.165) is 22.3 Å². The van der Waals surface area contributed by atoms with Gasteiger partial charge in [-0.25, -0.2) is 4.39 Å². The Labute approximate surface area is 126 Å². The van der Waals surface area contributed by atoms with Gasteiger partial charge < -0.3 is 10.1 Å². The van der Waals surface area contributed by atoms with Gasteiger partial charge in [0.25, 0.3) is 0 Å². The second-order valence-electron chi connectivity index (χ2n) is 4.45. The minimum Gasteiger partial charge on any atom is -0.383 e. The summed E-state index contributed by atoms with van der Waals surface area (Å²) in [4.78, 5) is 0. The molecule has 4 nitrogen and oxygen atoms in total. The number of halogens is 2. The zero-order chi connectivity index (χ0) is 14.4. The zero-order valence-corrected chi connectivity index (χ0v) is 12.9. The molecule has 0 fully saturated rings. The Bertz CT molecular complexity index is 539. The molecule has 0 spiro atoms. The SMILES string of the molecule is COCCNCc1ccn(Cc2cc(F)cc(Br)c2)n1. The number of hydrogen-bond acceptors (Lipinski definition) is 3. The largest absolute Gasteiger partial charge is 0.383 e. The molecular weight excluding hydrogens is 325 g/mol. The monoisotopic (exact) mass is 341 g/mol. The highest BCUT2D eigenvalue weighted by atomic mass is 79.9. The quantitative estimate of drug-likeness (QED) is 0.786. The highest BCUT2D eigenvalue weighted by molar-refractivity contribution is 9.10. The molecule has 0 saturated carbocycles. The van der Waals surface area contributed by atoms with Crippen molar-refractivity contribution in [2.45, 2.75) is 13.1 Å². The molecule has 1 aromatic carbocycles. The molecule has 0 unspecified atom stereocenters. The van der Waals surface area contributed by atoms with Crippen molar-refractivity contribution >= 4 is 15.9 Å². The molecule has 1 aromatic heterocycles. The van der Waals surface area contributed by atoms with Crippen molar-refractivity contribution in [3.8, 4) is 0 Å². The number of aromatic nitrogens is 2. The third kappa shape index (κ3) is 4.70. The molecule has 0 amide bonds. The van der Waals surface area contributed by atoms with E-state index >= 15 is 0 Å². The molecule has 0 radical (unpaired) electrons. The first-order valence-electron chi connectivity index (χ1n) is 6.34. The summed E-state index contributed by atoms with van der Waals surface area (Å²) in [6.07, 6.45) is 1.89. The predicted molar refractivity (Wildman–Crippen MR) is 79.0 cm³/mol. The van der Waals surface area contributed by atoms with Crippen molar-refractivity contribution in [2.24, 2.45) is 0 Å².